The van der Waals surface area contributed by atoms with E-state index in [0.717, 1.165) is 0 Å². The highest BCUT2D eigenvalue weighted by Crippen LogP contribution is 2.02. The molecule has 0 fully saturated rings. The number of carboxylic acids is 1. The van der Waals surface area contributed by atoms with Gasteiger partial charge in [-0.15, -0.1) is 0 Å². The molecule has 0 aliphatic rings. The number of carbonyl (C=O) groups is 4. The lowest BCUT2D eigenvalue weighted by atomic mass is 10.0. The zero-order chi connectivity index (χ0) is 21.1. The molecule has 0 aromatic heterocycles. The third kappa shape index (κ3) is 9.59. The zero-order valence-corrected chi connectivity index (χ0v) is 16.8. The Hall–Kier alpha value is -1.85. The number of thioether (sulfide) groups is 1. The van der Waals surface area contributed by atoms with Gasteiger partial charge >= 0.3 is 5.97 Å². The fourth-order valence-electron chi connectivity index (χ4n) is 2.06. The van der Waals surface area contributed by atoms with E-state index in [-0.39, 0.29) is 5.92 Å². The predicted octanol–water partition coefficient (Wildman–Crippen LogP) is -1.73. The first-order valence-electron chi connectivity index (χ1n) is 8.54. The number of nitrogens with one attached hydrogen (secondary N) is 3. The Labute approximate surface area is 163 Å². The number of carboxylic acid groups (broad SMARTS) is 1. The summed E-state index contributed by atoms with van der Waals surface area (Å²) in [6, 6.07) is -3.20. The third-order valence-electron chi connectivity index (χ3n) is 3.70. The molecule has 0 saturated heterocycles. The fraction of sp³-hybridized carbons (Fsp3) is 0.750. The minimum Gasteiger partial charge on any atom is -0.480 e. The van der Waals surface area contributed by atoms with Gasteiger partial charge in [-0.1, -0.05) is 13.8 Å². The van der Waals surface area contributed by atoms with Gasteiger partial charge in [-0.3, -0.25) is 14.4 Å². The van der Waals surface area contributed by atoms with Crippen molar-refractivity contribution in [3.05, 3.63) is 0 Å². The van der Waals surface area contributed by atoms with Gasteiger partial charge in [0.25, 0.3) is 0 Å². The summed E-state index contributed by atoms with van der Waals surface area (Å²) in [6.45, 7) is 4.10. The Morgan fingerprint density at radius 1 is 1.04 bits per heavy atom. The number of amides is 3. The van der Waals surface area contributed by atoms with Crippen molar-refractivity contribution in [2.75, 3.05) is 18.6 Å². The number of carbonyl (C=O) groups excluding carboxylic acids is 3. The van der Waals surface area contributed by atoms with E-state index < -0.39 is 54.5 Å². The molecule has 0 rings (SSSR count). The zero-order valence-electron chi connectivity index (χ0n) is 16.0. The van der Waals surface area contributed by atoms with Crippen molar-refractivity contribution in [2.45, 2.75) is 51.4 Å². The number of aliphatic hydroxyl groups excluding tert-OH is 1. The smallest absolute Gasteiger partial charge is 0.326 e. The van der Waals surface area contributed by atoms with Gasteiger partial charge in [0, 0.05) is 0 Å². The monoisotopic (exact) mass is 406 g/mol. The minimum atomic E-state index is -1.29. The minimum absolute atomic E-state index is 0.338. The third-order valence-corrected chi connectivity index (χ3v) is 4.35. The topological polar surface area (TPSA) is 171 Å². The van der Waals surface area contributed by atoms with Crippen LogP contribution in [0, 0.1) is 5.92 Å². The second-order valence-corrected chi connectivity index (χ2v) is 7.45. The van der Waals surface area contributed by atoms with Crippen molar-refractivity contribution in [3.63, 3.8) is 0 Å². The van der Waals surface area contributed by atoms with Crippen molar-refractivity contribution in [1.82, 2.24) is 16.0 Å². The Morgan fingerprint density at radius 3 is 2.07 bits per heavy atom. The lowest BCUT2D eigenvalue weighted by Gasteiger charge is -2.23. The highest BCUT2D eigenvalue weighted by Gasteiger charge is 2.28. The van der Waals surface area contributed by atoms with Crippen molar-refractivity contribution in [2.24, 2.45) is 11.7 Å². The molecule has 0 aliphatic heterocycles. The average Bonchev–Trinajstić information content (AvgIpc) is 2.58. The molecule has 7 N–H and O–H groups in total. The van der Waals surface area contributed by atoms with Crippen LogP contribution in [0.1, 0.15) is 27.2 Å². The van der Waals surface area contributed by atoms with Crippen LogP contribution in [0.25, 0.3) is 0 Å². The molecule has 4 atom stereocenters. The standard InChI is InChI=1S/C16H30N4O6S/c1-8(2)12(16(25)26)19-11(22)7-18-15(24)13(9(3)21)20-14(23)10(17)5-6-27-4/h8-10,12-13,21H,5-7,17H2,1-4H3,(H,18,24)(H,19,22)(H,20,23)(H,25,26). The van der Waals surface area contributed by atoms with Crippen molar-refractivity contribution < 1.29 is 29.4 Å². The molecule has 0 saturated carbocycles. The van der Waals surface area contributed by atoms with Gasteiger partial charge in [0.2, 0.25) is 17.7 Å². The normalized spacial score (nSPS) is 15.4. The lowest BCUT2D eigenvalue weighted by Crippen LogP contribution is -2.57. The fourth-order valence-corrected chi connectivity index (χ4v) is 2.55. The molecule has 0 radical (unpaired) electrons. The number of hydrogen-bond donors (Lipinski definition) is 6. The van der Waals surface area contributed by atoms with E-state index in [2.05, 4.69) is 16.0 Å². The van der Waals surface area contributed by atoms with Crippen LogP contribution in [0.2, 0.25) is 0 Å². The van der Waals surface area contributed by atoms with Gasteiger partial charge in [-0.2, -0.15) is 11.8 Å². The quantitative estimate of drug-likeness (QED) is 0.222. The van der Waals surface area contributed by atoms with Crippen LogP contribution in [0.15, 0.2) is 0 Å². The molecule has 0 bridgehead atoms. The molecular formula is C16H30N4O6S. The van der Waals surface area contributed by atoms with Gasteiger partial charge in [0.1, 0.15) is 12.1 Å². The summed E-state index contributed by atoms with van der Waals surface area (Å²) < 4.78 is 0. The Morgan fingerprint density at radius 2 is 1.63 bits per heavy atom. The molecule has 156 valence electrons. The number of rotatable bonds is 12. The van der Waals surface area contributed by atoms with Crippen LogP contribution in [0.3, 0.4) is 0 Å². The maximum absolute atomic E-state index is 12.2. The van der Waals surface area contributed by atoms with Gasteiger partial charge in [0.15, 0.2) is 0 Å². The van der Waals surface area contributed by atoms with Crippen LogP contribution in [-0.4, -0.2) is 76.7 Å². The maximum Gasteiger partial charge on any atom is 0.326 e. The summed E-state index contributed by atoms with van der Waals surface area (Å²) in [7, 11) is 0. The van der Waals surface area contributed by atoms with Crippen LogP contribution in [0.4, 0.5) is 0 Å². The Balaban J connectivity index is 4.70. The molecule has 4 unspecified atom stereocenters. The Kier molecular flexibility index (Phi) is 11.7. The lowest BCUT2D eigenvalue weighted by molar-refractivity contribution is -0.143. The molecule has 0 aromatic rings. The van der Waals surface area contributed by atoms with Crippen LogP contribution < -0.4 is 21.7 Å². The van der Waals surface area contributed by atoms with Crippen molar-refractivity contribution in [1.29, 1.82) is 0 Å². The van der Waals surface area contributed by atoms with Crippen LogP contribution in [-0.2, 0) is 19.2 Å². The van der Waals surface area contributed by atoms with E-state index in [9.17, 15) is 24.3 Å². The highest BCUT2D eigenvalue weighted by molar-refractivity contribution is 7.98. The first-order valence-corrected chi connectivity index (χ1v) is 9.93. The van der Waals surface area contributed by atoms with E-state index >= 15 is 0 Å². The van der Waals surface area contributed by atoms with E-state index in [1.54, 1.807) is 13.8 Å². The van der Waals surface area contributed by atoms with Gasteiger partial charge in [-0.05, 0) is 31.3 Å². The van der Waals surface area contributed by atoms with E-state index in [1.165, 1.54) is 18.7 Å². The number of hydrogen-bond acceptors (Lipinski definition) is 7. The van der Waals surface area contributed by atoms with E-state index in [1.807, 2.05) is 6.26 Å². The maximum atomic E-state index is 12.2. The van der Waals surface area contributed by atoms with Crippen molar-refractivity contribution in [3.8, 4) is 0 Å². The molecule has 3 amide bonds. The number of aliphatic hydroxyl groups is 1. The SMILES string of the molecule is CSCCC(N)C(=O)NC(C(=O)NCC(=O)NC(C(=O)O)C(C)C)C(C)O. The second-order valence-electron chi connectivity index (χ2n) is 6.46. The van der Waals surface area contributed by atoms with E-state index in [4.69, 9.17) is 10.8 Å². The summed E-state index contributed by atoms with van der Waals surface area (Å²) in [6.07, 6.45) is 1.07. The summed E-state index contributed by atoms with van der Waals surface area (Å²) in [4.78, 5) is 47.1. The number of aliphatic carboxylic acids is 1. The summed E-state index contributed by atoms with van der Waals surface area (Å²) in [5.74, 6) is -2.91. The van der Waals surface area contributed by atoms with Crippen molar-refractivity contribution >= 4 is 35.5 Å². The van der Waals surface area contributed by atoms with Gasteiger partial charge in [-0.25, -0.2) is 4.79 Å². The summed E-state index contributed by atoms with van der Waals surface area (Å²) in [5.41, 5.74) is 5.73. The van der Waals surface area contributed by atoms with Gasteiger partial charge < -0.3 is 31.9 Å². The van der Waals surface area contributed by atoms with Gasteiger partial charge in [0.05, 0.1) is 18.7 Å². The molecule has 0 aromatic carbocycles. The van der Waals surface area contributed by atoms with Crippen LogP contribution >= 0.6 is 11.8 Å². The second kappa shape index (κ2) is 12.5. The van der Waals surface area contributed by atoms with Crippen LogP contribution in [0.5, 0.6) is 0 Å². The number of nitrogens with two attached hydrogens (primary N) is 1. The first kappa shape index (κ1) is 25.1. The summed E-state index contributed by atoms with van der Waals surface area (Å²) >= 11 is 1.52. The highest BCUT2D eigenvalue weighted by atomic mass is 32.2. The largest absolute Gasteiger partial charge is 0.480 e. The predicted molar refractivity (Wildman–Crippen MR) is 102 cm³/mol. The molecular weight excluding hydrogens is 376 g/mol. The van der Waals surface area contributed by atoms with E-state index in [0.29, 0.717) is 12.2 Å². The molecule has 27 heavy (non-hydrogen) atoms. The molecule has 11 heteroatoms. The summed E-state index contributed by atoms with van der Waals surface area (Å²) in [5, 5.41) is 25.7. The molecule has 0 aliphatic carbocycles. The average molecular weight is 407 g/mol. The molecule has 10 nitrogen and oxygen atoms in total. The Bertz CT molecular complexity index is 529. The molecule has 0 heterocycles. The first-order chi connectivity index (χ1) is 12.5. The molecule has 0 spiro atoms.